The Bertz CT molecular complexity index is 79.0. The SMILES string of the molecule is CCCC(Br)(Br)[C](Br)Br. The lowest BCUT2D eigenvalue weighted by Crippen LogP contribution is -2.12. The molecule has 0 amide bonds. The Morgan fingerprint density at radius 3 is 1.89 bits per heavy atom. The van der Waals surface area contributed by atoms with Crippen molar-refractivity contribution in [2.24, 2.45) is 0 Å². The van der Waals surface area contributed by atoms with E-state index in [0.717, 1.165) is 16.6 Å². The van der Waals surface area contributed by atoms with Gasteiger partial charge in [-0.3, -0.25) is 0 Å². The van der Waals surface area contributed by atoms with Crippen molar-refractivity contribution in [3.63, 3.8) is 0 Å². The van der Waals surface area contributed by atoms with Crippen LogP contribution in [0.3, 0.4) is 0 Å². The van der Waals surface area contributed by atoms with E-state index in [1.54, 1.807) is 0 Å². The summed E-state index contributed by atoms with van der Waals surface area (Å²) in [6, 6.07) is 0. The zero-order valence-corrected chi connectivity index (χ0v) is 11.3. The van der Waals surface area contributed by atoms with Gasteiger partial charge in [0.2, 0.25) is 0 Å². The van der Waals surface area contributed by atoms with Gasteiger partial charge in [0, 0.05) is 0 Å². The molecule has 55 valence electrons. The van der Waals surface area contributed by atoms with E-state index in [0.29, 0.717) is 0 Å². The van der Waals surface area contributed by atoms with Crippen LogP contribution in [0.4, 0.5) is 0 Å². The van der Waals surface area contributed by atoms with Crippen molar-refractivity contribution < 1.29 is 0 Å². The van der Waals surface area contributed by atoms with Gasteiger partial charge < -0.3 is 0 Å². The standard InChI is InChI=1S/C5H7Br4/c1-2-3-5(8,9)4(6)7/h2-3H2,1H3. The zero-order valence-electron chi connectivity index (χ0n) is 4.93. The van der Waals surface area contributed by atoms with Crippen LogP contribution >= 0.6 is 63.7 Å². The first kappa shape index (κ1) is 10.9. The first-order valence-electron chi connectivity index (χ1n) is 2.57. The summed E-state index contributed by atoms with van der Waals surface area (Å²) in [4.78, 5) is 0. The summed E-state index contributed by atoms with van der Waals surface area (Å²) in [6.07, 6.45) is 2.19. The van der Waals surface area contributed by atoms with Gasteiger partial charge in [0.1, 0.15) is 6.97 Å². The molecule has 1 radical (unpaired) electrons. The molecule has 0 nitrogen and oxygen atoms in total. The minimum atomic E-state index is -0.0747. The molecule has 0 aromatic heterocycles. The van der Waals surface area contributed by atoms with E-state index >= 15 is 0 Å². The van der Waals surface area contributed by atoms with Crippen LogP contribution in [-0.4, -0.2) is 3.23 Å². The molecule has 0 aliphatic rings. The van der Waals surface area contributed by atoms with Gasteiger partial charge in [-0.15, -0.1) is 0 Å². The molecule has 0 rings (SSSR count). The molecule has 9 heavy (non-hydrogen) atoms. The maximum absolute atomic E-state index is 3.49. The zero-order chi connectivity index (χ0) is 7.49. The van der Waals surface area contributed by atoms with Crippen LogP contribution in [-0.2, 0) is 0 Å². The molecule has 4 heteroatoms. The van der Waals surface area contributed by atoms with Gasteiger partial charge in [0.25, 0.3) is 0 Å². The van der Waals surface area contributed by atoms with Crippen molar-refractivity contribution in [1.82, 2.24) is 0 Å². The molecule has 0 saturated carbocycles. The Morgan fingerprint density at radius 2 is 1.78 bits per heavy atom. The van der Waals surface area contributed by atoms with Crippen molar-refractivity contribution in [2.75, 3.05) is 0 Å². The molecule has 0 fully saturated rings. The van der Waals surface area contributed by atoms with Gasteiger partial charge in [0.15, 0.2) is 0 Å². The average molecular weight is 387 g/mol. The minimum Gasteiger partial charge on any atom is -0.0701 e. The summed E-state index contributed by atoms with van der Waals surface area (Å²) >= 11 is 13.7. The van der Waals surface area contributed by atoms with Crippen molar-refractivity contribution in [3.05, 3.63) is 3.74 Å². The van der Waals surface area contributed by atoms with Gasteiger partial charge in [-0.1, -0.05) is 77.1 Å². The Hall–Kier alpha value is 1.92. The number of halogens is 4. The van der Waals surface area contributed by atoms with Crippen LogP contribution in [0.15, 0.2) is 0 Å². The highest BCUT2D eigenvalue weighted by atomic mass is 79.9. The third-order valence-corrected chi connectivity index (χ3v) is 5.91. The topological polar surface area (TPSA) is 0 Å². The summed E-state index contributed by atoms with van der Waals surface area (Å²) in [6.45, 7) is 2.14. The average Bonchev–Trinajstić information content (AvgIpc) is 1.65. The maximum Gasteiger partial charge on any atom is 0.133 e. The molecular weight excluding hydrogens is 380 g/mol. The summed E-state index contributed by atoms with van der Waals surface area (Å²) in [5, 5.41) is 0. The van der Waals surface area contributed by atoms with Crippen LogP contribution in [0.2, 0.25) is 0 Å². The highest BCUT2D eigenvalue weighted by Gasteiger charge is 2.29. The number of alkyl halides is 2. The van der Waals surface area contributed by atoms with Gasteiger partial charge in [-0.25, -0.2) is 0 Å². The van der Waals surface area contributed by atoms with E-state index in [-0.39, 0.29) is 3.23 Å². The Morgan fingerprint density at radius 1 is 1.33 bits per heavy atom. The van der Waals surface area contributed by atoms with E-state index in [4.69, 9.17) is 0 Å². The van der Waals surface area contributed by atoms with Crippen molar-refractivity contribution >= 4 is 63.7 Å². The van der Waals surface area contributed by atoms with Crippen LogP contribution in [0.1, 0.15) is 19.8 Å². The molecule has 0 aromatic rings. The highest BCUT2D eigenvalue weighted by molar-refractivity contribution is 9.31. The number of rotatable bonds is 3. The molecular formula is C5H7Br4. The van der Waals surface area contributed by atoms with E-state index in [9.17, 15) is 0 Å². The van der Waals surface area contributed by atoms with Gasteiger partial charge in [-0.05, 0) is 6.42 Å². The quantitative estimate of drug-likeness (QED) is 0.624. The maximum atomic E-state index is 3.49. The molecule has 0 aliphatic heterocycles. The van der Waals surface area contributed by atoms with E-state index in [2.05, 4.69) is 70.6 Å². The van der Waals surface area contributed by atoms with Gasteiger partial charge in [0.05, 0.1) is 0 Å². The predicted molar refractivity (Wildman–Crippen MR) is 56.6 cm³/mol. The van der Waals surface area contributed by atoms with Crippen LogP contribution in [0, 0.1) is 3.74 Å². The lowest BCUT2D eigenvalue weighted by atomic mass is 10.3. The monoisotopic (exact) mass is 383 g/mol. The fraction of sp³-hybridized carbons (Fsp3) is 0.800. The fourth-order valence-corrected chi connectivity index (χ4v) is 1.60. The highest BCUT2D eigenvalue weighted by Crippen LogP contribution is 2.47. The lowest BCUT2D eigenvalue weighted by Gasteiger charge is -2.19. The van der Waals surface area contributed by atoms with Crippen molar-refractivity contribution in [1.29, 1.82) is 0 Å². The van der Waals surface area contributed by atoms with Crippen molar-refractivity contribution in [2.45, 2.75) is 23.0 Å². The third-order valence-electron chi connectivity index (χ3n) is 0.840. The minimum absolute atomic E-state index is 0.0747. The molecule has 0 N–H and O–H groups in total. The molecule has 0 spiro atoms. The second-order valence-electron chi connectivity index (χ2n) is 1.71. The lowest BCUT2D eigenvalue weighted by molar-refractivity contribution is 0.799. The second-order valence-corrected chi connectivity index (χ2v) is 8.14. The van der Waals surface area contributed by atoms with Crippen LogP contribution in [0.25, 0.3) is 0 Å². The predicted octanol–water partition coefficient (Wildman–Crippen LogP) is 4.55. The smallest absolute Gasteiger partial charge is 0.0701 e. The molecule has 0 aliphatic carbocycles. The Balaban J connectivity index is 3.70. The van der Waals surface area contributed by atoms with E-state index < -0.39 is 0 Å². The molecule has 0 bridgehead atoms. The van der Waals surface area contributed by atoms with Gasteiger partial charge in [-0.2, -0.15) is 0 Å². The summed E-state index contributed by atoms with van der Waals surface area (Å²) in [5.41, 5.74) is 0. The Kier molecular flexibility index (Phi) is 5.74. The molecule has 0 saturated heterocycles. The molecule has 0 unspecified atom stereocenters. The van der Waals surface area contributed by atoms with Crippen LogP contribution < -0.4 is 0 Å². The van der Waals surface area contributed by atoms with E-state index in [1.165, 1.54) is 0 Å². The van der Waals surface area contributed by atoms with Gasteiger partial charge >= 0.3 is 0 Å². The third kappa shape index (κ3) is 4.38. The van der Waals surface area contributed by atoms with Crippen molar-refractivity contribution in [3.8, 4) is 0 Å². The second kappa shape index (κ2) is 4.73. The number of hydrogen-bond donors (Lipinski definition) is 0. The molecule has 0 aromatic carbocycles. The van der Waals surface area contributed by atoms with E-state index in [1.807, 2.05) is 0 Å². The largest absolute Gasteiger partial charge is 0.133 e. The normalized spacial score (nSPS) is 12.7. The summed E-state index contributed by atoms with van der Waals surface area (Å²) in [7, 11) is 0. The molecule has 0 atom stereocenters. The Labute approximate surface area is 89.7 Å². The first-order chi connectivity index (χ1) is 4.00. The first-order valence-corrected chi connectivity index (χ1v) is 5.74. The number of hydrogen-bond acceptors (Lipinski definition) is 0. The summed E-state index contributed by atoms with van der Waals surface area (Å²) < 4.78 is 0.929. The summed E-state index contributed by atoms with van der Waals surface area (Å²) in [5.74, 6) is 0. The molecule has 0 heterocycles. The van der Waals surface area contributed by atoms with Crippen LogP contribution in [0.5, 0.6) is 0 Å². The fourth-order valence-electron chi connectivity index (χ4n) is 0.408.